The van der Waals surface area contributed by atoms with Crippen LogP contribution in [0.25, 0.3) is 0 Å². The molecular formula is C17H14ClN3O. The zero-order valence-electron chi connectivity index (χ0n) is 11.8. The molecule has 110 valence electrons. The van der Waals surface area contributed by atoms with E-state index in [0.717, 1.165) is 16.8 Å². The Kier molecular flexibility index (Phi) is 3.12. The van der Waals surface area contributed by atoms with Gasteiger partial charge >= 0.3 is 0 Å². The van der Waals surface area contributed by atoms with E-state index in [1.807, 2.05) is 42.5 Å². The molecule has 2 aromatic carbocycles. The maximum Gasteiger partial charge on any atom is 0.251 e. The SMILES string of the molecule is O=C1CN=C2Nc3ccccc3C(c3ccc(Cl)cc3)CN12. The van der Waals surface area contributed by atoms with Crippen LogP contribution in [-0.2, 0) is 4.79 Å². The third-order valence-corrected chi connectivity index (χ3v) is 4.39. The first-order chi connectivity index (χ1) is 10.7. The molecule has 0 saturated heterocycles. The molecule has 2 aliphatic heterocycles. The van der Waals surface area contributed by atoms with E-state index in [1.54, 1.807) is 4.90 Å². The van der Waals surface area contributed by atoms with E-state index in [9.17, 15) is 4.79 Å². The van der Waals surface area contributed by atoms with Crippen LogP contribution in [0.1, 0.15) is 17.0 Å². The van der Waals surface area contributed by atoms with Crippen molar-refractivity contribution in [3.05, 3.63) is 64.7 Å². The van der Waals surface area contributed by atoms with Gasteiger partial charge in [0.1, 0.15) is 6.54 Å². The van der Waals surface area contributed by atoms with E-state index in [-0.39, 0.29) is 18.4 Å². The number of nitrogens with one attached hydrogen (secondary N) is 1. The van der Waals surface area contributed by atoms with Crippen LogP contribution in [0.15, 0.2) is 53.5 Å². The molecule has 1 unspecified atom stereocenters. The minimum Gasteiger partial charge on any atom is -0.326 e. The van der Waals surface area contributed by atoms with Gasteiger partial charge in [0, 0.05) is 23.2 Å². The summed E-state index contributed by atoms with van der Waals surface area (Å²) < 4.78 is 0. The lowest BCUT2D eigenvalue weighted by Gasteiger charge is -2.21. The molecule has 4 rings (SSSR count). The quantitative estimate of drug-likeness (QED) is 0.879. The van der Waals surface area contributed by atoms with Crippen LogP contribution in [0, 0.1) is 0 Å². The van der Waals surface area contributed by atoms with E-state index >= 15 is 0 Å². The minimum absolute atomic E-state index is 0.0364. The number of amides is 1. The van der Waals surface area contributed by atoms with E-state index in [2.05, 4.69) is 16.4 Å². The predicted molar refractivity (Wildman–Crippen MR) is 87.4 cm³/mol. The van der Waals surface area contributed by atoms with Gasteiger partial charge in [-0.1, -0.05) is 41.9 Å². The summed E-state index contributed by atoms with van der Waals surface area (Å²) in [7, 11) is 0. The Balaban J connectivity index is 1.83. The highest BCUT2D eigenvalue weighted by molar-refractivity contribution is 6.30. The second kappa shape index (κ2) is 5.14. The molecule has 2 heterocycles. The lowest BCUT2D eigenvalue weighted by molar-refractivity contribution is -0.124. The van der Waals surface area contributed by atoms with Crippen molar-refractivity contribution in [2.24, 2.45) is 4.99 Å². The van der Waals surface area contributed by atoms with Crippen LogP contribution in [0.2, 0.25) is 5.02 Å². The fourth-order valence-corrected chi connectivity index (χ4v) is 3.15. The first-order valence-corrected chi connectivity index (χ1v) is 7.56. The lowest BCUT2D eigenvalue weighted by Crippen LogP contribution is -2.37. The summed E-state index contributed by atoms with van der Waals surface area (Å²) >= 11 is 6.00. The Hall–Kier alpha value is -2.33. The molecule has 2 aromatic rings. The molecule has 1 atom stereocenters. The van der Waals surface area contributed by atoms with Crippen molar-refractivity contribution in [3.63, 3.8) is 0 Å². The van der Waals surface area contributed by atoms with Crippen molar-refractivity contribution in [3.8, 4) is 0 Å². The van der Waals surface area contributed by atoms with Crippen molar-refractivity contribution < 1.29 is 4.79 Å². The first-order valence-electron chi connectivity index (χ1n) is 7.18. The summed E-state index contributed by atoms with van der Waals surface area (Å²) in [6.07, 6.45) is 0. The molecule has 22 heavy (non-hydrogen) atoms. The predicted octanol–water partition coefficient (Wildman–Crippen LogP) is 3.10. The third-order valence-electron chi connectivity index (χ3n) is 4.14. The number of hydrogen-bond donors (Lipinski definition) is 1. The topological polar surface area (TPSA) is 44.7 Å². The van der Waals surface area contributed by atoms with Gasteiger partial charge in [0.2, 0.25) is 5.96 Å². The third kappa shape index (κ3) is 2.16. The smallest absolute Gasteiger partial charge is 0.251 e. The Morgan fingerprint density at radius 1 is 1.14 bits per heavy atom. The molecule has 0 saturated carbocycles. The second-order valence-electron chi connectivity index (χ2n) is 5.46. The first kappa shape index (κ1) is 13.3. The summed E-state index contributed by atoms with van der Waals surface area (Å²) in [4.78, 5) is 18.1. The summed E-state index contributed by atoms with van der Waals surface area (Å²) in [5.74, 6) is 0.777. The van der Waals surface area contributed by atoms with E-state index < -0.39 is 0 Å². The number of fused-ring (bicyclic) bond motifs is 2. The molecule has 1 N–H and O–H groups in total. The van der Waals surface area contributed by atoms with Gasteiger partial charge in [-0.05, 0) is 29.3 Å². The number of carbonyl (C=O) groups is 1. The van der Waals surface area contributed by atoms with Gasteiger partial charge < -0.3 is 5.32 Å². The highest BCUT2D eigenvalue weighted by Gasteiger charge is 2.33. The van der Waals surface area contributed by atoms with Crippen LogP contribution in [0.4, 0.5) is 5.69 Å². The fourth-order valence-electron chi connectivity index (χ4n) is 3.02. The number of anilines is 1. The number of aliphatic imine (C=N–C) groups is 1. The number of rotatable bonds is 1. The molecule has 0 aliphatic carbocycles. The monoisotopic (exact) mass is 311 g/mol. The highest BCUT2D eigenvalue weighted by atomic mass is 35.5. The van der Waals surface area contributed by atoms with E-state index in [1.165, 1.54) is 0 Å². The number of carbonyl (C=O) groups excluding carboxylic acids is 1. The number of halogens is 1. The number of benzene rings is 2. The van der Waals surface area contributed by atoms with Gasteiger partial charge in [0.25, 0.3) is 5.91 Å². The van der Waals surface area contributed by atoms with E-state index in [4.69, 9.17) is 11.6 Å². The van der Waals surface area contributed by atoms with Gasteiger partial charge in [-0.3, -0.25) is 9.69 Å². The Labute approximate surface area is 133 Å². The zero-order chi connectivity index (χ0) is 15.1. The standard InChI is InChI=1S/C17H14ClN3O/c18-12-7-5-11(6-8-12)14-10-21-16(22)9-19-17(21)20-15-4-2-1-3-13(14)15/h1-8,14H,9-10H2,(H,19,20). The molecule has 5 heteroatoms. The van der Waals surface area contributed by atoms with Gasteiger partial charge in [0.15, 0.2) is 0 Å². The van der Waals surface area contributed by atoms with Crippen molar-refractivity contribution >= 4 is 29.2 Å². The molecular weight excluding hydrogens is 298 g/mol. The van der Waals surface area contributed by atoms with Gasteiger partial charge in [-0.2, -0.15) is 0 Å². The number of hydrogen-bond acceptors (Lipinski definition) is 3. The Bertz CT molecular complexity index is 770. The van der Waals surface area contributed by atoms with Crippen LogP contribution >= 0.6 is 11.6 Å². The maximum atomic E-state index is 12.1. The van der Waals surface area contributed by atoms with Gasteiger partial charge in [0.05, 0.1) is 0 Å². The average molecular weight is 312 g/mol. The lowest BCUT2D eigenvalue weighted by atomic mass is 9.90. The van der Waals surface area contributed by atoms with E-state index in [0.29, 0.717) is 17.5 Å². The molecule has 1 amide bonds. The van der Waals surface area contributed by atoms with Crippen LogP contribution in [0.5, 0.6) is 0 Å². The summed E-state index contributed by atoms with van der Waals surface area (Å²) in [5.41, 5.74) is 3.30. The van der Waals surface area contributed by atoms with Gasteiger partial charge in [-0.15, -0.1) is 0 Å². The van der Waals surface area contributed by atoms with Crippen molar-refractivity contribution in [2.45, 2.75) is 5.92 Å². The average Bonchev–Trinajstić information content (AvgIpc) is 2.79. The van der Waals surface area contributed by atoms with Gasteiger partial charge in [-0.25, -0.2) is 4.99 Å². The molecule has 0 fully saturated rings. The number of para-hydroxylation sites is 1. The molecule has 2 aliphatic rings. The normalized spacial score (nSPS) is 19.9. The number of nitrogens with zero attached hydrogens (tertiary/aromatic N) is 2. The van der Waals surface area contributed by atoms with Crippen molar-refractivity contribution in [1.82, 2.24) is 4.90 Å². The summed E-state index contributed by atoms with van der Waals surface area (Å²) in [6.45, 7) is 0.807. The molecule has 0 bridgehead atoms. The maximum absolute atomic E-state index is 12.1. The highest BCUT2D eigenvalue weighted by Crippen LogP contribution is 2.35. The Morgan fingerprint density at radius 3 is 2.73 bits per heavy atom. The zero-order valence-corrected chi connectivity index (χ0v) is 12.5. The molecule has 0 radical (unpaired) electrons. The molecule has 0 aromatic heterocycles. The Morgan fingerprint density at radius 2 is 1.91 bits per heavy atom. The van der Waals surface area contributed by atoms with Crippen LogP contribution in [-0.4, -0.2) is 29.9 Å². The molecule has 4 nitrogen and oxygen atoms in total. The number of guanidine groups is 1. The largest absolute Gasteiger partial charge is 0.326 e. The minimum atomic E-state index is 0.0364. The van der Waals surface area contributed by atoms with Crippen LogP contribution < -0.4 is 5.32 Å². The second-order valence-corrected chi connectivity index (χ2v) is 5.90. The van der Waals surface area contributed by atoms with Crippen molar-refractivity contribution in [2.75, 3.05) is 18.4 Å². The molecule has 0 spiro atoms. The van der Waals surface area contributed by atoms with Crippen molar-refractivity contribution in [1.29, 1.82) is 0 Å². The fraction of sp³-hybridized carbons (Fsp3) is 0.176. The summed E-state index contributed by atoms with van der Waals surface area (Å²) in [6, 6.07) is 15.9. The summed E-state index contributed by atoms with van der Waals surface area (Å²) in [5, 5.41) is 4.00. The van der Waals surface area contributed by atoms with Crippen LogP contribution in [0.3, 0.4) is 0 Å².